The first-order chi connectivity index (χ1) is 6.45. The van der Waals surface area contributed by atoms with Crippen LogP contribution in [0.5, 0.6) is 0 Å². The van der Waals surface area contributed by atoms with Gasteiger partial charge in [-0.1, -0.05) is 36.4 Å². The maximum atomic E-state index is 2.28. The Kier molecular flexibility index (Phi) is 1.59. The summed E-state index contributed by atoms with van der Waals surface area (Å²) in [6.07, 6.45) is 1.24. The van der Waals surface area contributed by atoms with E-state index in [1.807, 2.05) is 11.8 Å². The molecule has 1 aliphatic rings. The molecule has 0 N–H and O–H groups in total. The molecule has 1 heterocycles. The van der Waals surface area contributed by atoms with Crippen LogP contribution in [-0.4, -0.2) is 5.75 Å². The Morgan fingerprint density at radius 2 is 1.92 bits per heavy atom. The van der Waals surface area contributed by atoms with Crippen LogP contribution in [0.4, 0.5) is 0 Å². The smallest absolute Gasteiger partial charge is 0.0183 e. The third kappa shape index (κ3) is 1.07. The molecule has 0 atom stereocenters. The molecular formula is C12H10S. The van der Waals surface area contributed by atoms with Crippen LogP contribution in [0.2, 0.25) is 0 Å². The van der Waals surface area contributed by atoms with Gasteiger partial charge in [0, 0.05) is 10.6 Å². The zero-order chi connectivity index (χ0) is 8.67. The van der Waals surface area contributed by atoms with E-state index in [2.05, 4.69) is 36.4 Å². The Bertz CT molecular complexity index is 460. The summed E-state index contributed by atoms with van der Waals surface area (Å²) in [6, 6.07) is 13.2. The molecule has 0 aromatic heterocycles. The fourth-order valence-electron chi connectivity index (χ4n) is 1.92. The Labute approximate surface area is 82.0 Å². The van der Waals surface area contributed by atoms with E-state index >= 15 is 0 Å². The topological polar surface area (TPSA) is 0 Å². The van der Waals surface area contributed by atoms with Crippen molar-refractivity contribution < 1.29 is 0 Å². The lowest BCUT2D eigenvalue weighted by Crippen LogP contribution is -1.81. The highest BCUT2D eigenvalue weighted by molar-refractivity contribution is 7.99. The van der Waals surface area contributed by atoms with Gasteiger partial charge in [-0.15, -0.1) is 11.8 Å². The third-order valence-electron chi connectivity index (χ3n) is 2.58. The number of fused-ring (bicyclic) bond motifs is 3. The summed E-state index contributed by atoms with van der Waals surface area (Å²) in [6.45, 7) is 0. The van der Waals surface area contributed by atoms with E-state index in [-0.39, 0.29) is 0 Å². The van der Waals surface area contributed by atoms with Gasteiger partial charge in [0.05, 0.1) is 0 Å². The highest BCUT2D eigenvalue weighted by atomic mass is 32.2. The lowest BCUT2D eigenvalue weighted by atomic mass is 10.1. The molecule has 0 nitrogen and oxygen atoms in total. The molecule has 0 saturated heterocycles. The maximum absolute atomic E-state index is 2.28. The molecule has 2 aromatic carbocycles. The van der Waals surface area contributed by atoms with Gasteiger partial charge in [0.25, 0.3) is 0 Å². The quantitative estimate of drug-likeness (QED) is 0.607. The lowest BCUT2D eigenvalue weighted by molar-refractivity contribution is 1.16. The van der Waals surface area contributed by atoms with Crippen LogP contribution < -0.4 is 0 Å². The van der Waals surface area contributed by atoms with Gasteiger partial charge < -0.3 is 0 Å². The van der Waals surface area contributed by atoms with Crippen molar-refractivity contribution >= 4 is 22.5 Å². The first-order valence-electron chi connectivity index (χ1n) is 4.58. The largest absolute Gasteiger partial charge is 0.125 e. The normalized spacial score (nSPS) is 14.8. The summed E-state index contributed by atoms with van der Waals surface area (Å²) in [5.74, 6) is 1.25. The van der Waals surface area contributed by atoms with Crippen molar-refractivity contribution in [3.63, 3.8) is 0 Å². The summed E-state index contributed by atoms with van der Waals surface area (Å²) in [5, 5.41) is 2.80. The molecular weight excluding hydrogens is 176 g/mol. The molecule has 0 radical (unpaired) electrons. The summed E-state index contributed by atoms with van der Waals surface area (Å²) in [7, 11) is 0. The van der Waals surface area contributed by atoms with Gasteiger partial charge in [0.15, 0.2) is 0 Å². The Morgan fingerprint density at radius 3 is 2.92 bits per heavy atom. The van der Waals surface area contributed by atoms with Crippen LogP contribution in [0.3, 0.4) is 0 Å². The predicted molar refractivity (Wildman–Crippen MR) is 58.4 cm³/mol. The number of rotatable bonds is 0. The molecule has 0 amide bonds. The van der Waals surface area contributed by atoms with Crippen LogP contribution in [0.15, 0.2) is 41.3 Å². The van der Waals surface area contributed by atoms with Gasteiger partial charge in [0.1, 0.15) is 0 Å². The summed E-state index contributed by atoms with van der Waals surface area (Å²) >= 11 is 2.00. The minimum atomic E-state index is 1.24. The first kappa shape index (κ1) is 7.45. The zero-order valence-corrected chi connectivity index (χ0v) is 8.10. The number of thioether (sulfide) groups is 1. The lowest BCUT2D eigenvalue weighted by Gasteiger charge is -2.03. The molecule has 0 unspecified atom stereocenters. The molecule has 0 fully saturated rings. The average molecular weight is 186 g/mol. The van der Waals surface area contributed by atoms with E-state index in [1.54, 1.807) is 0 Å². The van der Waals surface area contributed by atoms with Crippen LogP contribution in [0.1, 0.15) is 5.56 Å². The zero-order valence-electron chi connectivity index (χ0n) is 7.29. The van der Waals surface area contributed by atoms with Gasteiger partial charge in [0.2, 0.25) is 0 Å². The Morgan fingerprint density at radius 1 is 1.00 bits per heavy atom. The van der Waals surface area contributed by atoms with Crippen molar-refractivity contribution in [1.29, 1.82) is 0 Å². The highest BCUT2D eigenvalue weighted by Gasteiger charge is 2.13. The van der Waals surface area contributed by atoms with E-state index in [9.17, 15) is 0 Å². The molecule has 0 spiro atoms. The maximum Gasteiger partial charge on any atom is 0.0183 e. The fourth-order valence-corrected chi connectivity index (χ4v) is 3.14. The van der Waals surface area contributed by atoms with Gasteiger partial charge in [-0.3, -0.25) is 0 Å². The Hall–Kier alpha value is -0.950. The molecule has 0 bridgehead atoms. The van der Waals surface area contributed by atoms with Crippen LogP contribution >= 0.6 is 11.8 Å². The van der Waals surface area contributed by atoms with Crippen LogP contribution in [0.25, 0.3) is 10.8 Å². The van der Waals surface area contributed by atoms with E-state index in [0.29, 0.717) is 0 Å². The Balaban J connectivity index is 2.43. The molecule has 2 aromatic rings. The molecule has 64 valence electrons. The van der Waals surface area contributed by atoms with Crippen LogP contribution in [0, 0.1) is 0 Å². The van der Waals surface area contributed by atoms with Crippen molar-refractivity contribution in [2.24, 2.45) is 0 Å². The second kappa shape index (κ2) is 2.78. The monoisotopic (exact) mass is 186 g/mol. The summed E-state index contributed by atoms with van der Waals surface area (Å²) < 4.78 is 0. The van der Waals surface area contributed by atoms with Crippen molar-refractivity contribution in [3.8, 4) is 0 Å². The van der Waals surface area contributed by atoms with Crippen molar-refractivity contribution in [1.82, 2.24) is 0 Å². The van der Waals surface area contributed by atoms with Gasteiger partial charge in [-0.05, 0) is 22.8 Å². The van der Waals surface area contributed by atoms with E-state index < -0.39 is 0 Å². The van der Waals surface area contributed by atoms with E-state index in [0.717, 1.165) is 0 Å². The summed E-state index contributed by atoms with van der Waals surface area (Å²) in [5.41, 5.74) is 1.53. The minimum absolute atomic E-state index is 1.24. The van der Waals surface area contributed by atoms with Crippen LogP contribution in [-0.2, 0) is 6.42 Å². The third-order valence-corrected chi connectivity index (χ3v) is 3.76. The summed E-state index contributed by atoms with van der Waals surface area (Å²) in [4.78, 5) is 1.51. The first-order valence-corrected chi connectivity index (χ1v) is 5.57. The number of benzene rings is 2. The van der Waals surface area contributed by atoms with Gasteiger partial charge >= 0.3 is 0 Å². The van der Waals surface area contributed by atoms with Gasteiger partial charge in [-0.25, -0.2) is 0 Å². The SMILES string of the molecule is c1ccc2c3c(ccc2c1)CCS3. The standard InChI is InChI=1S/C12H10S/c1-2-4-11-9(3-1)5-6-10-7-8-13-12(10)11/h1-6H,7-8H2. The fraction of sp³-hybridized carbons (Fsp3) is 0.167. The molecule has 0 aliphatic carbocycles. The van der Waals surface area contributed by atoms with Crippen molar-refractivity contribution in [2.75, 3.05) is 5.75 Å². The van der Waals surface area contributed by atoms with E-state index in [4.69, 9.17) is 0 Å². The van der Waals surface area contributed by atoms with E-state index in [1.165, 1.54) is 33.4 Å². The van der Waals surface area contributed by atoms with Crippen molar-refractivity contribution in [3.05, 3.63) is 42.0 Å². The second-order valence-corrected chi connectivity index (χ2v) is 4.48. The molecule has 0 saturated carbocycles. The average Bonchev–Trinajstić information content (AvgIpc) is 2.65. The molecule has 13 heavy (non-hydrogen) atoms. The number of hydrogen-bond acceptors (Lipinski definition) is 1. The van der Waals surface area contributed by atoms with Crippen molar-refractivity contribution in [2.45, 2.75) is 11.3 Å². The molecule has 3 rings (SSSR count). The minimum Gasteiger partial charge on any atom is -0.125 e. The predicted octanol–water partition coefficient (Wildman–Crippen LogP) is 3.49. The molecule has 1 heteroatoms. The van der Waals surface area contributed by atoms with Gasteiger partial charge in [-0.2, -0.15) is 0 Å². The molecule has 1 aliphatic heterocycles. The number of aryl methyl sites for hydroxylation is 1. The highest BCUT2D eigenvalue weighted by Crippen LogP contribution is 2.37. The second-order valence-electron chi connectivity index (χ2n) is 3.37. The number of hydrogen-bond donors (Lipinski definition) is 0.